The Bertz CT molecular complexity index is 1000. The Balaban J connectivity index is 2.24. The average molecular weight is 399 g/mol. The van der Waals surface area contributed by atoms with Gasteiger partial charge in [0.05, 0.1) is 11.5 Å². The smallest absolute Gasteiger partial charge is 0.261 e. The number of hydrogen-bond donors (Lipinski definition) is 0. The minimum absolute atomic E-state index is 0.159. The summed E-state index contributed by atoms with van der Waals surface area (Å²) in [5.74, 6) is -0.981. The van der Waals surface area contributed by atoms with E-state index in [1.165, 1.54) is 6.07 Å². The van der Waals surface area contributed by atoms with Gasteiger partial charge in [0.2, 0.25) is 0 Å². The quantitative estimate of drug-likeness (QED) is 0.550. The molecule has 25 heavy (non-hydrogen) atoms. The first-order chi connectivity index (χ1) is 11.7. The molecule has 0 spiro atoms. The highest BCUT2D eigenvalue weighted by Gasteiger charge is 2.30. The van der Waals surface area contributed by atoms with Crippen molar-refractivity contribution in [1.29, 1.82) is 0 Å². The normalized spacial score (nSPS) is 17.8. The third kappa shape index (κ3) is 3.51. The number of benzene rings is 2. The molecule has 0 N–H and O–H groups in total. The zero-order valence-electron chi connectivity index (χ0n) is 13.1. The Kier molecular flexibility index (Phi) is 4.78. The standard InChI is InChI=1S/C17H13Cl2FN2O2S/c1-21-17-6-10(18)5-12-14(8-22(2)9-15(12)17)13-7-11(25(19,23)24)3-4-16(13)20/h3-7,14H,8-9H2,2H3. The van der Waals surface area contributed by atoms with Gasteiger partial charge in [-0.3, -0.25) is 0 Å². The Morgan fingerprint density at radius 2 is 2.00 bits per heavy atom. The van der Waals surface area contributed by atoms with Crippen LogP contribution in [-0.2, 0) is 15.6 Å². The minimum atomic E-state index is -3.98. The lowest BCUT2D eigenvalue weighted by Gasteiger charge is -2.33. The number of hydrogen-bond acceptors (Lipinski definition) is 3. The molecule has 0 saturated heterocycles. The van der Waals surface area contributed by atoms with Gasteiger partial charge in [-0.25, -0.2) is 17.7 Å². The molecular weight excluding hydrogens is 386 g/mol. The predicted octanol–water partition coefficient (Wildman–Crippen LogP) is 4.53. The Morgan fingerprint density at radius 1 is 1.28 bits per heavy atom. The van der Waals surface area contributed by atoms with Crippen molar-refractivity contribution in [3.05, 3.63) is 69.3 Å². The molecule has 1 aliphatic heterocycles. The van der Waals surface area contributed by atoms with Crippen LogP contribution >= 0.6 is 22.3 Å². The second kappa shape index (κ2) is 6.58. The van der Waals surface area contributed by atoms with Crippen molar-refractivity contribution in [3.8, 4) is 0 Å². The lowest BCUT2D eigenvalue weighted by Crippen LogP contribution is -2.31. The third-order valence-electron chi connectivity index (χ3n) is 4.27. The second-order valence-corrected chi connectivity index (χ2v) is 8.98. The number of rotatable bonds is 2. The van der Waals surface area contributed by atoms with Crippen molar-refractivity contribution < 1.29 is 12.8 Å². The van der Waals surface area contributed by atoms with Crippen LogP contribution in [0.4, 0.5) is 10.1 Å². The fraction of sp³-hybridized carbons (Fsp3) is 0.235. The molecular formula is C17H13Cl2FN2O2S. The molecule has 1 unspecified atom stereocenters. The van der Waals surface area contributed by atoms with Gasteiger partial charge in [-0.15, -0.1) is 0 Å². The Hall–Kier alpha value is -1.65. The molecule has 8 heteroatoms. The van der Waals surface area contributed by atoms with Crippen LogP contribution in [0.15, 0.2) is 35.2 Å². The maximum absolute atomic E-state index is 14.5. The summed E-state index contributed by atoms with van der Waals surface area (Å²) in [4.78, 5) is 5.31. The van der Waals surface area contributed by atoms with Gasteiger partial charge in [-0.2, -0.15) is 0 Å². The van der Waals surface area contributed by atoms with E-state index in [0.29, 0.717) is 23.8 Å². The molecule has 1 aliphatic rings. The molecule has 3 rings (SSSR count). The Morgan fingerprint density at radius 3 is 2.64 bits per heavy atom. The highest BCUT2D eigenvalue weighted by Crippen LogP contribution is 2.41. The SMILES string of the molecule is [C-]#[N+]c1cc(Cl)cc2c1CN(C)CC2c1cc(S(=O)(=O)Cl)ccc1F. The van der Waals surface area contributed by atoms with Gasteiger partial charge in [0.1, 0.15) is 5.82 Å². The molecule has 130 valence electrons. The summed E-state index contributed by atoms with van der Waals surface area (Å²) < 4.78 is 37.7. The van der Waals surface area contributed by atoms with Gasteiger partial charge >= 0.3 is 0 Å². The van der Waals surface area contributed by atoms with E-state index < -0.39 is 20.8 Å². The maximum Gasteiger partial charge on any atom is 0.261 e. The molecule has 0 fully saturated rings. The van der Waals surface area contributed by atoms with Crippen LogP contribution in [0.25, 0.3) is 4.85 Å². The molecule has 0 aromatic heterocycles. The molecule has 4 nitrogen and oxygen atoms in total. The van der Waals surface area contributed by atoms with Gasteiger partial charge in [-0.05, 0) is 54.1 Å². The lowest BCUT2D eigenvalue weighted by atomic mass is 9.84. The molecule has 1 atom stereocenters. The van der Waals surface area contributed by atoms with Gasteiger partial charge in [0.15, 0.2) is 5.69 Å². The van der Waals surface area contributed by atoms with Gasteiger partial charge in [0, 0.05) is 34.7 Å². The summed E-state index contributed by atoms with van der Waals surface area (Å²) in [6.07, 6.45) is 0. The fourth-order valence-electron chi connectivity index (χ4n) is 3.18. The summed E-state index contributed by atoms with van der Waals surface area (Å²) >= 11 is 6.13. The van der Waals surface area contributed by atoms with Crippen LogP contribution in [0.5, 0.6) is 0 Å². The number of nitrogens with zero attached hydrogens (tertiary/aromatic N) is 2. The average Bonchev–Trinajstić information content (AvgIpc) is 2.53. The van der Waals surface area contributed by atoms with Crippen molar-refractivity contribution >= 4 is 37.0 Å². The van der Waals surface area contributed by atoms with Crippen LogP contribution in [0.2, 0.25) is 5.02 Å². The number of halogens is 3. The first-order valence-corrected chi connectivity index (χ1v) is 10.0. The zero-order chi connectivity index (χ0) is 18.4. The zero-order valence-corrected chi connectivity index (χ0v) is 15.5. The van der Waals surface area contributed by atoms with Crippen LogP contribution in [0.1, 0.15) is 22.6 Å². The molecule has 0 aliphatic carbocycles. The molecule has 0 amide bonds. The van der Waals surface area contributed by atoms with Crippen LogP contribution in [0, 0.1) is 12.4 Å². The summed E-state index contributed by atoms with van der Waals surface area (Å²) in [5, 5.41) is 0.390. The van der Waals surface area contributed by atoms with Crippen molar-refractivity contribution in [2.45, 2.75) is 17.4 Å². The van der Waals surface area contributed by atoms with Crippen molar-refractivity contribution in [2.24, 2.45) is 0 Å². The third-order valence-corrected chi connectivity index (χ3v) is 5.84. The van der Waals surface area contributed by atoms with E-state index in [-0.39, 0.29) is 10.5 Å². The van der Waals surface area contributed by atoms with Gasteiger partial charge < -0.3 is 4.90 Å². The highest BCUT2D eigenvalue weighted by atomic mass is 35.7. The molecule has 0 radical (unpaired) electrons. The van der Waals surface area contributed by atoms with Gasteiger partial charge in [-0.1, -0.05) is 11.6 Å². The molecule has 2 aromatic rings. The fourth-order valence-corrected chi connectivity index (χ4v) is 4.18. The highest BCUT2D eigenvalue weighted by molar-refractivity contribution is 8.13. The van der Waals surface area contributed by atoms with Gasteiger partial charge in [0.25, 0.3) is 9.05 Å². The van der Waals surface area contributed by atoms with E-state index in [1.807, 2.05) is 11.9 Å². The van der Waals surface area contributed by atoms with Crippen molar-refractivity contribution in [2.75, 3.05) is 13.6 Å². The first-order valence-electron chi connectivity index (χ1n) is 7.33. The first kappa shape index (κ1) is 18.2. The summed E-state index contributed by atoms with van der Waals surface area (Å²) in [6.45, 7) is 8.36. The van der Waals surface area contributed by atoms with E-state index >= 15 is 0 Å². The van der Waals surface area contributed by atoms with Crippen LogP contribution in [0.3, 0.4) is 0 Å². The van der Waals surface area contributed by atoms with Crippen LogP contribution < -0.4 is 0 Å². The topological polar surface area (TPSA) is 41.7 Å². The minimum Gasteiger partial charge on any atom is -0.302 e. The van der Waals surface area contributed by atoms with E-state index in [4.69, 9.17) is 28.9 Å². The largest absolute Gasteiger partial charge is 0.302 e. The molecule has 0 saturated carbocycles. The summed E-state index contributed by atoms with van der Waals surface area (Å²) in [6, 6.07) is 6.78. The molecule has 0 bridgehead atoms. The van der Waals surface area contributed by atoms with E-state index in [2.05, 4.69) is 4.85 Å². The molecule has 1 heterocycles. The second-order valence-electron chi connectivity index (χ2n) is 5.98. The van der Waals surface area contributed by atoms with Crippen molar-refractivity contribution in [1.82, 2.24) is 4.90 Å². The van der Waals surface area contributed by atoms with E-state index in [0.717, 1.165) is 23.3 Å². The maximum atomic E-state index is 14.5. The van der Waals surface area contributed by atoms with E-state index in [9.17, 15) is 12.8 Å². The van der Waals surface area contributed by atoms with Crippen LogP contribution in [-0.4, -0.2) is 26.9 Å². The lowest BCUT2D eigenvalue weighted by molar-refractivity contribution is 0.293. The predicted molar refractivity (Wildman–Crippen MR) is 95.3 cm³/mol. The summed E-state index contributed by atoms with van der Waals surface area (Å²) in [5.41, 5.74) is 2.14. The number of fused-ring (bicyclic) bond motifs is 1. The summed E-state index contributed by atoms with van der Waals surface area (Å²) in [7, 11) is 3.29. The number of likely N-dealkylation sites (N-methyl/N-ethyl adjacent to an activating group) is 1. The van der Waals surface area contributed by atoms with Crippen molar-refractivity contribution in [3.63, 3.8) is 0 Å². The Labute approximate surface area is 155 Å². The monoisotopic (exact) mass is 398 g/mol. The van der Waals surface area contributed by atoms with E-state index in [1.54, 1.807) is 12.1 Å². The molecule has 2 aromatic carbocycles.